The molecule has 6 heteroatoms. The average Bonchev–Trinajstić information content (AvgIpc) is 1.59. The fourth-order valence-electron chi connectivity index (χ4n) is 1.37. The summed E-state index contributed by atoms with van der Waals surface area (Å²) in [7, 11) is 6.39. The molecule has 1 saturated heterocycles. The standard InChI is InChI=1S/C3H12B3N3/c4-7-1-8(5)3-9(6)2-7/h1-6H2. The van der Waals surface area contributed by atoms with Crippen molar-refractivity contribution in [2.75, 3.05) is 20.0 Å². The largest absolute Gasteiger partial charge is 0.327 e. The Bertz CT molecular complexity index is 75.3. The second kappa shape index (κ2) is 2.77. The molecule has 0 atom stereocenters. The Morgan fingerprint density at radius 1 is 0.667 bits per heavy atom. The predicted molar refractivity (Wildman–Crippen MR) is 45.8 cm³/mol. The highest BCUT2D eigenvalue weighted by Gasteiger charge is 2.12. The Morgan fingerprint density at radius 3 is 1.11 bits per heavy atom. The van der Waals surface area contributed by atoms with Crippen molar-refractivity contribution in [3.8, 4) is 0 Å². The zero-order valence-electron chi connectivity index (χ0n) is 6.46. The molecule has 0 aromatic carbocycles. The van der Waals surface area contributed by atoms with Gasteiger partial charge in [-0.1, -0.05) is 0 Å². The van der Waals surface area contributed by atoms with Crippen LogP contribution < -0.4 is 0 Å². The lowest BCUT2D eigenvalue weighted by Gasteiger charge is -2.38. The van der Waals surface area contributed by atoms with Gasteiger partial charge < -0.3 is 14.4 Å². The topological polar surface area (TPSA) is 9.72 Å². The fourth-order valence-corrected chi connectivity index (χ4v) is 1.37. The molecule has 1 aliphatic rings. The summed E-state index contributed by atoms with van der Waals surface area (Å²) in [6, 6.07) is 0. The number of hydrogen-bond acceptors (Lipinski definition) is 3. The van der Waals surface area contributed by atoms with E-state index in [2.05, 4.69) is 38.4 Å². The zero-order valence-corrected chi connectivity index (χ0v) is 6.46. The van der Waals surface area contributed by atoms with Crippen molar-refractivity contribution in [3.63, 3.8) is 0 Å². The monoisotopic (exact) mass is 123 g/mol. The van der Waals surface area contributed by atoms with Crippen LogP contribution in [0, 0.1) is 0 Å². The molecule has 1 rings (SSSR count). The summed E-state index contributed by atoms with van der Waals surface area (Å²) in [6.45, 7) is 3.26. The predicted octanol–water partition coefficient (Wildman–Crippen LogP) is -3.58. The second-order valence-electron chi connectivity index (χ2n) is 2.99. The lowest BCUT2D eigenvalue weighted by Crippen LogP contribution is -2.51. The van der Waals surface area contributed by atoms with Gasteiger partial charge in [-0.05, 0) is 0 Å². The van der Waals surface area contributed by atoms with Crippen LogP contribution >= 0.6 is 0 Å². The van der Waals surface area contributed by atoms with Crippen molar-refractivity contribution in [1.29, 1.82) is 0 Å². The van der Waals surface area contributed by atoms with Gasteiger partial charge in [0.2, 0.25) is 0 Å². The van der Waals surface area contributed by atoms with Crippen LogP contribution in [-0.2, 0) is 0 Å². The molecule has 0 spiro atoms. The molecule has 1 aliphatic heterocycles. The summed E-state index contributed by atoms with van der Waals surface area (Å²) < 4.78 is 0. The van der Waals surface area contributed by atoms with E-state index in [1.54, 1.807) is 0 Å². The van der Waals surface area contributed by atoms with Crippen molar-refractivity contribution < 1.29 is 0 Å². The minimum atomic E-state index is 1.09. The third kappa shape index (κ3) is 2.04. The molecule has 0 N–H and O–H groups in total. The van der Waals surface area contributed by atoms with Gasteiger partial charge >= 0.3 is 0 Å². The van der Waals surface area contributed by atoms with Gasteiger partial charge in [-0.25, -0.2) is 0 Å². The molecule has 1 heterocycles. The number of nitrogens with zero attached hydrogens (tertiary/aromatic N) is 3. The first-order chi connectivity index (χ1) is 4.18. The normalized spacial score (nSPS) is 26.7. The second-order valence-corrected chi connectivity index (χ2v) is 2.99. The van der Waals surface area contributed by atoms with Gasteiger partial charge in [-0.3, -0.25) is 0 Å². The van der Waals surface area contributed by atoms with Gasteiger partial charge in [-0.15, -0.1) is 0 Å². The molecule has 0 radical (unpaired) electrons. The van der Waals surface area contributed by atoms with Gasteiger partial charge in [0.05, 0.1) is 0 Å². The molecular formula is C3H12B3N3. The summed E-state index contributed by atoms with van der Waals surface area (Å²) in [4.78, 5) is 6.84. The first kappa shape index (κ1) is 7.19. The van der Waals surface area contributed by atoms with Crippen molar-refractivity contribution in [2.45, 2.75) is 0 Å². The van der Waals surface area contributed by atoms with Crippen LogP contribution in [0.2, 0.25) is 0 Å². The lowest BCUT2D eigenvalue weighted by atomic mass is 10.2. The van der Waals surface area contributed by atoms with Gasteiger partial charge in [0.1, 0.15) is 0 Å². The third-order valence-electron chi connectivity index (χ3n) is 1.45. The van der Waals surface area contributed by atoms with Crippen LogP contribution in [-0.4, -0.2) is 58.4 Å². The van der Waals surface area contributed by atoms with Crippen molar-refractivity contribution in [2.24, 2.45) is 0 Å². The Morgan fingerprint density at radius 2 is 0.889 bits per heavy atom. The SMILES string of the molecule is BN1CN(B)CN(B)C1. The van der Waals surface area contributed by atoms with E-state index in [1.165, 1.54) is 0 Å². The summed E-state index contributed by atoms with van der Waals surface area (Å²) >= 11 is 0. The zero-order chi connectivity index (χ0) is 6.85. The van der Waals surface area contributed by atoms with Crippen molar-refractivity contribution in [1.82, 2.24) is 14.4 Å². The Hall–Kier alpha value is 0.0748. The van der Waals surface area contributed by atoms with Crippen LogP contribution in [0.25, 0.3) is 0 Å². The van der Waals surface area contributed by atoms with Crippen LogP contribution in [0.4, 0.5) is 0 Å². The van der Waals surface area contributed by atoms with E-state index in [0.29, 0.717) is 0 Å². The first-order valence-corrected chi connectivity index (χ1v) is 3.24. The molecule has 0 bridgehead atoms. The van der Waals surface area contributed by atoms with Gasteiger partial charge in [0.25, 0.3) is 0 Å². The van der Waals surface area contributed by atoms with Crippen LogP contribution in [0.15, 0.2) is 0 Å². The lowest BCUT2D eigenvalue weighted by molar-refractivity contribution is 0.135. The molecule has 0 unspecified atom stereocenters. The molecule has 0 aromatic rings. The molecule has 3 nitrogen and oxygen atoms in total. The first-order valence-electron chi connectivity index (χ1n) is 3.24. The maximum atomic E-state index is 2.28. The van der Waals surface area contributed by atoms with Crippen LogP contribution in [0.1, 0.15) is 0 Å². The highest BCUT2D eigenvalue weighted by Crippen LogP contribution is 1.96. The van der Waals surface area contributed by atoms with Gasteiger partial charge in [-0.2, -0.15) is 0 Å². The van der Waals surface area contributed by atoms with Crippen molar-refractivity contribution in [3.05, 3.63) is 0 Å². The molecule has 0 aliphatic carbocycles. The van der Waals surface area contributed by atoms with Crippen LogP contribution in [0.3, 0.4) is 0 Å². The van der Waals surface area contributed by atoms with Gasteiger partial charge in [0.15, 0.2) is 23.9 Å². The molecule has 1 fully saturated rings. The smallest absolute Gasteiger partial charge is 0.188 e. The van der Waals surface area contributed by atoms with E-state index in [1.807, 2.05) is 0 Å². The minimum Gasteiger partial charge on any atom is -0.327 e. The quantitative estimate of drug-likeness (QED) is 0.308. The Kier molecular flexibility index (Phi) is 2.21. The number of rotatable bonds is 0. The average molecular weight is 123 g/mol. The summed E-state index contributed by atoms with van der Waals surface area (Å²) in [5.74, 6) is 0. The van der Waals surface area contributed by atoms with E-state index >= 15 is 0 Å². The molecule has 0 saturated carbocycles. The minimum absolute atomic E-state index is 1.09. The molecule has 0 amide bonds. The van der Waals surface area contributed by atoms with E-state index in [0.717, 1.165) is 20.0 Å². The maximum absolute atomic E-state index is 2.28. The highest BCUT2D eigenvalue weighted by atomic mass is 15.4. The van der Waals surface area contributed by atoms with E-state index < -0.39 is 0 Å². The highest BCUT2D eigenvalue weighted by molar-refractivity contribution is 6.09. The summed E-state index contributed by atoms with van der Waals surface area (Å²) in [6.07, 6.45) is 0. The third-order valence-corrected chi connectivity index (χ3v) is 1.45. The van der Waals surface area contributed by atoms with Crippen molar-refractivity contribution >= 4 is 23.9 Å². The Labute approximate surface area is 59.3 Å². The summed E-state index contributed by atoms with van der Waals surface area (Å²) in [5.41, 5.74) is 0. The molecule has 0 aromatic heterocycles. The fraction of sp³-hybridized carbons (Fsp3) is 1.00. The molecule has 9 heavy (non-hydrogen) atoms. The molecule has 48 valence electrons. The van der Waals surface area contributed by atoms with Gasteiger partial charge in [0, 0.05) is 20.0 Å². The van der Waals surface area contributed by atoms with E-state index in [4.69, 9.17) is 0 Å². The van der Waals surface area contributed by atoms with Crippen LogP contribution in [0.5, 0.6) is 0 Å². The Balaban J connectivity index is 2.34. The van der Waals surface area contributed by atoms with E-state index in [-0.39, 0.29) is 0 Å². The maximum Gasteiger partial charge on any atom is 0.188 e. The summed E-state index contributed by atoms with van der Waals surface area (Å²) in [5, 5.41) is 0. The van der Waals surface area contributed by atoms with E-state index in [9.17, 15) is 0 Å². The molecular weight excluding hydrogens is 110 g/mol. The number of hydrogen-bond donors (Lipinski definition) is 0.